The number of halogens is 1. The molecule has 0 amide bonds. The second-order valence-corrected chi connectivity index (χ2v) is 3.20. The molecule has 1 saturated carbocycles. The van der Waals surface area contributed by atoms with E-state index in [1.54, 1.807) is 7.05 Å². The average Bonchev–Trinajstić information content (AvgIpc) is 2.80. The topological polar surface area (TPSA) is 38.0 Å². The summed E-state index contributed by atoms with van der Waals surface area (Å²) in [6.45, 7) is -0.276. The van der Waals surface area contributed by atoms with Crippen molar-refractivity contribution in [2.75, 3.05) is 0 Å². The zero-order valence-electron chi connectivity index (χ0n) is 6.92. The van der Waals surface area contributed by atoms with Crippen molar-refractivity contribution in [3.8, 4) is 0 Å². The fraction of sp³-hybridized carbons (Fsp3) is 0.625. The van der Waals surface area contributed by atoms with Crippen LogP contribution in [0.5, 0.6) is 0 Å². The Morgan fingerprint density at radius 2 is 2.33 bits per heavy atom. The molecule has 12 heavy (non-hydrogen) atoms. The summed E-state index contributed by atoms with van der Waals surface area (Å²) in [5, 5.41) is 12.8. The second kappa shape index (κ2) is 2.55. The minimum Gasteiger partial charge on any atom is -0.390 e. The van der Waals surface area contributed by atoms with Crippen LogP contribution in [-0.4, -0.2) is 14.9 Å². The summed E-state index contributed by atoms with van der Waals surface area (Å²) in [7, 11) is 1.65. The van der Waals surface area contributed by atoms with Gasteiger partial charge in [-0.1, -0.05) is 0 Å². The quantitative estimate of drug-likeness (QED) is 0.717. The fourth-order valence-corrected chi connectivity index (χ4v) is 1.35. The van der Waals surface area contributed by atoms with Gasteiger partial charge in [-0.3, -0.25) is 4.68 Å². The molecule has 0 bridgehead atoms. The van der Waals surface area contributed by atoms with Crippen LogP contribution in [0.2, 0.25) is 0 Å². The fourth-order valence-electron chi connectivity index (χ4n) is 1.35. The van der Waals surface area contributed by atoms with Crippen molar-refractivity contribution in [2.24, 2.45) is 7.05 Å². The maximum absolute atomic E-state index is 13.3. The lowest BCUT2D eigenvalue weighted by atomic mass is 10.2. The molecule has 1 aromatic heterocycles. The molecule has 3 nitrogen and oxygen atoms in total. The molecule has 1 aromatic rings. The lowest BCUT2D eigenvalue weighted by Gasteiger charge is -1.93. The van der Waals surface area contributed by atoms with Crippen LogP contribution in [0, 0.1) is 5.82 Å². The number of hydrogen-bond acceptors (Lipinski definition) is 2. The summed E-state index contributed by atoms with van der Waals surface area (Å²) in [6.07, 6.45) is 2.05. The number of rotatable bonds is 2. The van der Waals surface area contributed by atoms with Crippen LogP contribution in [0.25, 0.3) is 0 Å². The monoisotopic (exact) mass is 170 g/mol. The Kier molecular flexibility index (Phi) is 1.65. The molecule has 66 valence electrons. The third-order valence-electron chi connectivity index (χ3n) is 2.24. The Morgan fingerprint density at radius 1 is 1.67 bits per heavy atom. The van der Waals surface area contributed by atoms with Gasteiger partial charge in [-0.25, -0.2) is 4.39 Å². The third kappa shape index (κ3) is 1.03. The minimum absolute atomic E-state index is 0.276. The first-order valence-electron chi connectivity index (χ1n) is 4.06. The van der Waals surface area contributed by atoms with Crippen molar-refractivity contribution >= 4 is 0 Å². The van der Waals surface area contributed by atoms with E-state index in [1.165, 1.54) is 4.68 Å². The van der Waals surface area contributed by atoms with Crippen LogP contribution in [0.3, 0.4) is 0 Å². The van der Waals surface area contributed by atoms with E-state index in [0.29, 0.717) is 11.6 Å². The van der Waals surface area contributed by atoms with E-state index in [9.17, 15) is 4.39 Å². The largest absolute Gasteiger partial charge is 0.390 e. The lowest BCUT2D eigenvalue weighted by molar-refractivity contribution is 0.264. The highest BCUT2D eigenvalue weighted by Crippen LogP contribution is 2.40. The summed E-state index contributed by atoms with van der Waals surface area (Å²) in [5.74, 6) is -0.0148. The molecule has 1 aliphatic carbocycles. The molecule has 0 atom stereocenters. The molecular formula is C8H11FN2O. The van der Waals surface area contributed by atoms with Gasteiger partial charge in [-0.2, -0.15) is 5.10 Å². The first-order valence-corrected chi connectivity index (χ1v) is 4.06. The van der Waals surface area contributed by atoms with Gasteiger partial charge in [0.05, 0.1) is 12.3 Å². The highest BCUT2D eigenvalue weighted by atomic mass is 19.1. The predicted octanol–water partition coefficient (Wildman–Crippen LogP) is 0.929. The van der Waals surface area contributed by atoms with Crippen molar-refractivity contribution in [3.63, 3.8) is 0 Å². The van der Waals surface area contributed by atoms with Gasteiger partial charge in [0.25, 0.3) is 0 Å². The zero-order valence-corrected chi connectivity index (χ0v) is 6.92. The molecule has 1 N–H and O–H groups in total. The standard InChI is InChI=1S/C8H11FN2O/c1-11-6(4-12)7(9)8(10-11)5-2-3-5/h5,12H,2-4H2,1H3. The molecular weight excluding hydrogens is 159 g/mol. The molecule has 1 heterocycles. The number of aryl methyl sites for hydroxylation is 1. The summed E-state index contributed by atoms with van der Waals surface area (Å²) in [5.41, 5.74) is 0.818. The van der Waals surface area contributed by atoms with Crippen LogP contribution in [0.15, 0.2) is 0 Å². The summed E-state index contributed by atoms with van der Waals surface area (Å²) in [4.78, 5) is 0. The van der Waals surface area contributed by atoms with Gasteiger partial charge in [0.1, 0.15) is 5.69 Å². The van der Waals surface area contributed by atoms with Gasteiger partial charge in [0, 0.05) is 13.0 Å². The number of hydrogen-bond donors (Lipinski definition) is 1. The van der Waals surface area contributed by atoms with Crippen molar-refractivity contribution < 1.29 is 9.50 Å². The van der Waals surface area contributed by atoms with Crippen LogP contribution >= 0.6 is 0 Å². The van der Waals surface area contributed by atoms with Gasteiger partial charge in [0.15, 0.2) is 5.82 Å². The van der Waals surface area contributed by atoms with Gasteiger partial charge in [-0.05, 0) is 12.8 Å². The van der Waals surface area contributed by atoms with Gasteiger partial charge in [0.2, 0.25) is 0 Å². The van der Waals surface area contributed by atoms with Gasteiger partial charge >= 0.3 is 0 Å². The molecule has 0 aromatic carbocycles. The van der Waals surface area contributed by atoms with E-state index < -0.39 is 0 Å². The highest BCUT2D eigenvalue weighted by Gasteiger charge is 2.31. The van der Waals surface area contributed by atoms with Crippen molar-refractivity contribution in [2.45, 2.75) is 25.4 Å². The van der Waals surface area contributed by atoms with Gasteiger partial charge < -0.3 is 5.11 Å². The Labute approximate surface area is 69.8 Å². The first-order chi connectivity index (χ1) is 5.74. The Balaban J connectivity index is 2.42. The second-order valence-electron chi connectivity index (χ2n) is 3.20. The van der Waals surface area contributed by atoms with Crippen molar-refractivity contribution in [1.29, 1.82) is 0 Å². The summed E-state index contributed by atoms with van der Waals surface area (Å²) in [6, 6.07) is 0. The molecule has 2 rings (SSSR count). The Hall–Kier alpha value is -0.900. The summed E-state index contributed by atoms with van der Waals surface area (Å²) < 4.78 is 14.8. The molecule has 0 saturated heterocycles. The Morgan fingerprint density at radius 3 is 2.75 bits per heavy atom. The predicted molar refractivity (Wildman–Crippen MR) is 41.1 cm³/mol. The molecule has 1 fully saturated rings. The number of aromatic nitrogens is 2. The molecule has 0 unspecified atom stereocenters. The first kappa shape index (κ1) is 7.73. The van der Waals surface area contributed by atoms with E-state index in [4.69, 9.17) is 5.11 Å². The van der Waals surface area contributed by atoms with E-state index in [0.717, 1.165) is 12.8 Å². The minimum atomic E-state index is -0.317. The van der Waals surface area contributed by atoms with Crippen LogP contribution in [0.4, 0.5) is 4.39 Å². The highest BCUT2D eigenvalue weighted by molar-refractivity contribution is 5.20. The summed E-state index contributed by atoms with van der Waals surface area (Å²) >= 11 is 0. The van der Waals surface area contributed by atoms with Gasteiger partial charge in [-0.15, -0.1) is 0 Å². The van der Waals surface area contributed by atoms with Crippen molar-refractivity contribution in [3.05, 3.63) is 17.2 Å². The normalized spacial score (nSPS) is 16.9. The van der Waals surface area contributed by atoms with Crippen LogP contribution in [0.1, 0.15) is 30.1 Å². The lowest BCUT2D eigenvalue weighted by Crippen LogP contribution is -1.98. The molecule has 0 aliphatic heterocycles. The molecule has 0 radical (unpaired) electrons. The van der Waals surface area contributed by atoms with Crippen molar-refractivity contribution in [1.82, 2.24) is 9.78 Å². The third-order valence-corrected chi connectivity index (χ3v) is 2.24. The smallest absolute Gasteiger partial charge is 0.170 e. The number of nitrogens with zero attached hydrogens (tertiary/aromatic N) is 2. The zero-order chi connectivity index (χ0) is 8.72. The average molecular weight is 170 g/mol. The van der Waals surface area contributed by atoms with E-state index in [-0.39, 0.29) is 18.1 Å². The molecule has 4 heteroatoms. The van der Waals surface area contributed by atoms with Crippen LogP contribution in [-0.2, 0) is 13.7 Å². The van der Waals surface area contributed by atoms with E-state index in [1.807, 2.05) is 0 Å². The Bertz CT molecular complexity index is 304. The maximum Gasteiger partial charge on any atom is 0.170 e. The molecule has 0 spiro atoms. The maximum atomic E-state index is 13.3. The van der Waals surface area contributed by atoms with E-state index >= 15 is 0 Å². The molecule has 1 aliphatic rings. The number of aliphatic hydroxyl groups is 1. The number of aliphatic hydroxyl groups excluding tert-OH is 1. The van der Waals surface area contributed by atoms with Crippen LogP contribution < -0.4 is 0 Å². The van der Waals surface area contributed by atoms with E-state index in [2.05, 4.69) is 5.10 Å². The SMILES string of the molecule is Cn1nc(C2CC2)c(F)c1CO.